The van der Waals surface area contributed by atoms with Gasteiger partial charge >= 0.3 is 6.09 Å². The van der Waals surface area contributed by atoms with Crippen molar-refractivity contribution in [2.45, 2.75) is 13.3 Å². The molecule has 1 N–H and O–H groups in total. The Balaban J connectivity index is 1.87. The second-order valence-electron chi connectivity index (χ2n) is 5.43. The van der Waals surface area contributed by atoms with E-state index in [-0.39, 0.29) is 6.61 Å². The van der Waals surface area contributed by atoms with E-state index in [2.05, 4.69) is 18.2 Å². The number of ether oxygens (including phenoxy) is 5. The third-order valence-corrected chi connectivity index (χ3v) is 3.22. The van der Waals surface area contributed by atoms with Crippen molar-refractivity contribution < 1.29 is 28.5 Å². The molecule has 0 atom stereocenters. The molecule has 7 nitrogen and oxygen atoms in total. The van der Waals surface area contributed by atoms with Gasteiger partial charge in [-0.3, -0.25) is 5.32 Å². The summed E-state index contributed by atoms with van der Waals surface area (Å²) in [7, 11) is 0. The second kappa shape index (κ2) is 16.1. The van der Waals surface area contributed by atoms with Crippen LogP contribution < -0.4 is 5.32 Å². The SMILES string of the molecule is C#Cc1ccc(NC(=O)OCCOCCOCCOCCOCCC)cc1. The largest absolute Gasteiger partial charge is 0.447 e. The lowest BCUT2D eigenvalue weighted by molar-refractivity contribution is -0.00602. The van der Waals surface area contributed by atoms with E-state index < -0.39 is 6.09 Å². The predicted octanol–water partition coefficient (Wildman–Crippen LogP) is 2.69. The van der Waals surface area contributed by atoms with Crippen LogP contribution >= 0.6 is 0 Å². The number of benzene rings is 1. The van der Waals surface area contributed by atoms with Crippen LogP contribution in [0.25, 0.3) is 0 Å². The Hall–Kier alpha value is -2.11. The lowest BCUT2D eigenvalue weighted by atomic mass is 10.2. The topological polar surface area (TPSA) is 75.3 Å². The van der Waals surface area contributed by atoms with Gasteiger partial charge < -0.3 is 23.7 Å². The van der Waals surface area contributed by atoms with Crippen LogP contribution in [-0.4, -0.2) is 65.6 Å². The molecule has 0 saturated heterocycles. The summed E-state index contributed by atoms with van der Waals surface area (Å²) in [5, 5.41) is 2.61. The number of terminal acetylenes is 1. The Morgan fingerprint density at radius 3 is 1.81 bits per heavy atom. The third-order valence-electron chi connectivity index (χ3n) is 3.22. The Morgan fingerprint density at radius 2 is 1.33 bits per heavy atom. The number of amides is 1. The van der Waals surface area contributed by atoms with Crippen molar-refractivity contribution in [3.63, 3.8) is 0 Å². The van der Waals surface area contributed by atoms with E-state index in [0.29, 0.717) is 51.9 Å². The molecule has 0 bridgehead atoms. The van der Waals surface area contributed by atoms with Crippen molar-refractivity contribution in [3.8, 4) is 12.3 Å². The monoisotopic (exact) mass is 379 g/mol. The molecule has 1 amide bonds. The van der Waals surface area contributed by atoms with Crippen LogP contribution in [0.5, 0.6) is 0 Å². The van der Waals surface area contributed by atoms with Gasteiger partial charge in [0.15, 0.2) is 0 Å². The minimum atomic E-state index is -0.539. The number of nitrogens with one attached hydrogen (secondary N) is 1. The van der Waals surface area contributed by atoms with Gasteiger partial charge in [-0.05, 0) is 30.7 Å². The molecular weight excluding hydrogens is 350 g/mol. The molecule has 1 aromatic rings. The maximum atomic E-state index is 11.6. The first-order chi connectivity index (χ1) is 13.3. The van der Waals surface area contributed by atoms with E-state index in [1.807, 2.05) is 0 Å². The molecule has 0 aromatic heterocycles. The highest BCUT2D eigenvalue weighted by molar-refractivity contribution is 5.84. The lowest BCUT2D eigenvalue weighted by Gasteiger charge is -2.08. The Bertz CT molecular complexity index is 540. The fourth-order valence-corrected chi connectivity index (χ4v) is 1.90. The van der Waals surface area contributed by atoms with Crippen molar-refractivity contribution >= 4 is 11.8 Å². The molecule has 1 aromatic carbocycles. The van der Waals surface area contributed by atoms with Gasteiger partial charge in [-0.25, -0.2) is 4.79 Å². The minimum absolute atomic E-state index is 0.162. The van der Waals surface area contributed by atoms with E-state index in [4.69, 9.17) is 30.1 Å². The fraction of sp³-hybridized carbons (Fsp3) is 0.550. The zero-order valence-electron chi connectivity index (χ0n) is 15.9. The van der Waals surface area contributed by atoms with E-state index in [0.717, 1.165) is 18.6 Å². The van der Waals surface area contributed by atoms with Crippen molar-refractivity contribution in [2.75, 3.05) is 64.8 Å². The van der Waals surface area contributed by atoms with E-state index in [1.54, 1.807) is 24.3 Å². The third kappa shape index (κ3) is 12.8. The normalized spacial score (nSPS) is 10.4. The number of anilines is 1. The van der Waals surface area contributed by atoms with Gasteiger partial charge in [0.2, 0.25) is 0 Å². The fourth-order valence-electron chi connectivity index (χ4n) is 1.90. The van der Waals surface area contributed by atoms with E-state index in [9.17, 15) is 4.79 Å². The molecule has 0 heterocycles. The van der Waals surface area contributed by atoms with Crippen molar-refractivity contribution in [1.29, 1.82) is 0 Å². The Labute approximate surface area is 161 Å². The molecule has 1 rings (SSSR count). The average Bonchev–Trinajstić information content (AvgIpc) is 2.69. The molecule has 0 aliphatic rings. The van der Waals surface area contributed by atoms with Crippen LogP contribution in [0.4, 0.5) is 10.5 Å². The molecule has 0 spiro atoms. The summed E-state index contributed by atoms with van der Waals surface area (Å²) in [5.41, 5.74) is 1.37. The summed E-state index contributed by atoms with van der Waals surface area (Å²) in [4.78, 5) is 11.6. The van der Waals surface area contributed by atoms with Crippen LogP contribution in [0.1, 0.15) is 18.9 Å². The molecule has 0 fully saturated rings. The van der Waals surface area contributed by atoms with Crippen LogP contribution in [-0.2, 0) is 23.7 Å². The van der Waals surface area contributed by atoms with Gasteiger partial charge in [-0.2, -0.15) is 0 Å². The number of carbonyl (C=O) groups is 1. The predicted molar refractivity (Wildman–Crippen MR) is 103 cm³/mol. The summed E-state index contributed by atoms with van der Waals surface area (Å²) in [6.07, 6.45) is 5.75. The number of hydrogen-bond donors (Lipinski definition) is 1. The van der Waals surface area contributed by atoms with E-state index >= 15 is 0 Å². The molecule has 0 aliphatic heterocycles. The van der Waals surface area contributed by atoms with Gasteiger partial charge in [0.05, 0.1) is 46.2 Å². The highest BCUT2D eigenvalue weighted by Crippen LogP contribution is 2.08. The summed E-state index contributed by atoms with van der Waals surface area (Å²) in [5.74, 6) is 2.51. The quantitative estimate of drug-likeness (QED) is 0.373. The van der Waals surface area contributed by atoms with Crippen molar-refractivity contribution in [1.82, 2.24) is 0 Å². The molecule has 0 aliphatic carbocycles. The maximum Gasteiger partial charge on any atom is 0.411 e. The standard InChI is InChI=1S/C20H29NO6/c1-3-9-23-10-11-24-12-13-25-14-15-26-16-17-27-20(22)21-19-7-5-18(4-2)6-8-19/h2,5-8H,3,9-17H2,1H3,(H,21,22). The zero-order chi connectivity index (χ0) is 19.6. The Kier molecular flexibility index (Phi) is 13.7. The van der Waals surface area contributed by atoms with Gasteiger partial charge in [-0.15, -0.1) is 6.42 Å². The number of rotatable bonds is 15. The van der Waals surface area contributed by atoms with Crippen molar-refractivity contribution in [2.24, 2.45) is 0 Å². The highest BCUT2D eigenvalue weighted by Gasteiger charge is 2.02. The minimum Gasteiger partial charge on any atom is -0.447 e. The first-order valence-electron chi connectivity index (χ1n) is 9.07. The summed E-state index contributed by atoms with van der Waals surface area (Å²) in [6.45, 7) is 6.42. The first-order valence-corrected chi connectivity index (χ1v) is 9.07. The molecule has 0 saturated carbocycles. The van der Waals surface area contributed by atoms with Gasteiger partial charge in [0, 0.05) is 17.9 Å². The summed E-state index contributed by atoms with van der Waals surface area (Å²) in [6, 6.07) is 6.91. The lowest BCUT2D eigenvalue weighted by Crippen LogP contribution is -2.18. The summed E-state index contributed by atoms with van der Waals surface area (Å²) < 4.78 is 26.3. The molecule has 0 unspecified atom stereocenters. The molecule has 150 valence electrons. The summed E-state index contributed by atoms with van der Waals surface area (Å²) >= 11 is 0. The number of hydrogen-bond acceptors (Lipinski definition) is 6. The van der Waals surface area contributed by atoms with E-state index in [1.165, 1.54) is 0 Å². The molecule has 27 heavy (non-hydrogen) atoms. The van der Waals surface area contributed by atoms with Gasteiger partial charge in [0.1, 0.15) is 6.61 Å². The van der Waals surface area contributed by atoms with Crippen LogP contribution in [0.2, 0.25) is 0 Å². The smallest absolute Gasteiger partial charge is 0.411 e. The van der Waals surface area contributed by atoms with Gasteiger partial charge in [-0.1, -0.05) is 12.8 Å². The van der Waals surface area contributed by atoms with Crippen LogP contribution in [0, 0.1) is 12.3 Å². The first kappa shape index (κ1) is 22.9. The molecule has 7 heteroatoms. The zero-order valence-corrected chi connectivity index (χ0v) is 15.9. The Morgan fingerprint density at radius 1 is 0.852 bits per heavy atom. The highest BCUT2D eigenvalue weighted by atomic mass is 16.6. The van der Waals surface area contributed by atoms with Crippen LogP contribution in [0.3, 0.4) is 0 Å². The number of carbonyl (C=O) groups excluding carboxylic acids is 1. The second-order valence-corrected chi connectivity index (χ2v) is 5.43. The maximum absolute atomic E-state index is 11.6. The van der Waals surface area contributed by atoms with Crippen LogP contribution in [0.15, 0.2) is 24.3 Å². The average molecular weight is 379 g/mol. The molecule has 0 radical (unpaired) electrons. The van der Waals surface area contributed by atoms with Gasteiger partial charge in [0.25, 0.3) is 0 Å². The van der Waals surface area contributed by atoms with Crippen molar-refractivity contribution in [3.05, 3.63) is 29.8 Å². The molecular formula is C20H29NO6.